The van der Waals surface area contributed by atoms with Crippen molar-refractivity contribution in [2.24, 2.45) is 5.92 Å². The summed E-state index contributed by atoms with van der Waals surface area (Å²) in [5, 5.41) is 16.7. The average Bonchev–Trinajstić information content (AvgIpc) is 3.43. The molecule has 0 saturated heterocycles. The van der Waals surface area contributed by atoms with Gasteiger partial charge in [0.25, 0.3) is 0 Å². The van der Waals surface area contributed by atoms with Crippen LogP contribution >= 0.6 is 0 Å². The molecule has 1 atom stereocenters. The van der Waals surface area contributed by atoms with Gasteiger partial charge in [0.05, 0.1) is 5.75 Å². The zero-order chi connectivity index (χ0) is 30.2. The van der Waals surface area contributed by atoms with E-state index in [1.54, 1.807) is 6.92 Å². The molecule has 41 heavy (non-hydrogen) atoms. The van der Waals surface area contributed by atoms with E-state index >= 15 is 0 Å². The van der Waals surface area contributed by atoms with Gasteiger partial charge in [0, 0.05) is 31.7 Å². The molecule has 0 aliphatic heterocycles. The van der Waals surface area contributed by atoms with Gasteiger partial charge in [-0.05, 0) is 39.0 Å². The fraction of sp³-hybridized carbons (Fsp3) is 0.862. The van der Waals surface area contributed by atoms with Gasteiger partial charge in [-0.2, -0.15) is 5.21 Å². The van der Waals surface area contributed by atoms with Crippen LogP contribution in [0.2, 0.25) is 0 Å². The quantitative estimate of drug-likeness (QED) is 0.120. The van der Waals surface area contributed by atoms with Crippen molar-refractivity contribution in [2.75, 3.05) is 12.3 Å². The first-order chi connectivity index (χ1) is 19.7. The van der Waals surface area contributed by atoms with Gasteiger partial charge >= 0.3 is 0 Å². The summed E-state index contributed by atoms with van der Waals surface area (Å²) in [6.45, 7) is 4.00. The summed E-state index contributed by atoms with van der Waals surface area (Å²) in [7, 11) is -3.72. The lowest BCUT2D eigenvalue weighted by molar-refractivity contribution is -0.121. The Balaban J connectivity index is 1.89. The minimum atomic E-state index is -3.72. The molecule has 1 aromatic rings. The van der Waals surface area contributed by atoms with Crippen LogP contribution in [-0.2, 0) is 30.8 Å². The molecule has 0 spiro atoms. The first kappa shape index (κ1) is 36.7. The maximum Gasteiger partial charge on any atom is 0.234 e. The fourth-order valence-electron chi connectivity index (χ4n) is 4.59. The first-order valence-electron chi connectivity index (χ1n) is 15.7. The average molecular weight is 599 g/mol. The van der Waals surface area contributed by atoms with Crippen molar-refractivity contribution in [3.8, 4) is 0 Å². The number of carbonyl (C=O) groups is 3. The molecule has 0 aliphatic rings. The molecule has 1 rings (SSSR count). The summed E-state index contributed by atoms with van der Waals surface area (Å²) in [5.74, 6) is 0.0989. The molecule has 3 N–H and O–H groups in total. The van der Waals surface area contributed by atoms with Gasteiger partial charge in [0.15, 0.2) is 5.82 Å². The number of tetrazole rings is 1. The lowest BCUT2D eigenvalue weighted by Crippen LogP contribution is -2.33. The van der Waals surface area contributed by atoms with Crippen LogP contribution in [-0.4, -0.2) is 58.9 Å². The lowest BCUT2D eigenvalue weighted by Gasteiger charge is -2.09. The summed E-state index contributed by atoms with van der Waals surface area (Å²) in [6, 6.07) is 0. The number of nitrogens with one attached hydrogen (secondary N) is 3. The van der Waals surface area contributed by atoms with Crippen LogP contribution in [0.1, 0.15) is 142 Å². The van der Waals surface area contributed by atoms with Crippen LogP contribution in [0.25, 0.3) is 0 Å². The van der Waals surface area contributed by atoms with Crippen molar-refractivity contribution in [3.63, 3.8) is 0 Å². The number of hydrogen-bond donors (Lipinski definition) is 3. The van der Waals surface area contributed by atoms with Crippen molar-refractivity contribution in [1.29, 1.82) is 0 Å². The van der Waals surface area contributed by atoms with Crippen molar-refractivity contribution >= 4 is 27.6 Å². The van der Waals surface area contributed by atoms with E-state index in [1.807, 2.05) is 6.92 Å². The number of rotatable bonds is 27. The number of Topliss-reactive ketones (excluding diaryl/α,β-unsaturated/α-hetero) is 1. The van der Waals surface area contributed by atoms with Crippen LogP contribution in [0.4, 0.5) is 0 Å². The molecule has 0 radical (unpaired) electrons. The second-order valence-electron chi connectivity index (χ2n) is 11.2. The smallest absolute Gasteiger partial charge is 0.234 e. The Labute approximate surface area is 247 Å². The van der Waals surface area contributed by atoms with Gasteiger partial charge in [-0.15, -0.1) is 10.2 Å². The van der Waals surface area contributed by atoms with E-state index in [2.05, 4.69) is 30.7 Å². The van der Waals surface area contributed by atoms with E-state index in [-0.39, 0.29) is 42.6 Å². The highest BCUT2D eigenvalue weighted by Crippen LogP contribution is 2.13. The Kier molecular flexibility index (Phi) is 20.8. The Morgan fingerprint density at radius 3 is 1.88 bits per heavy atom. The predicted molar refractivity (Wildman–Crippen MR) is 160 cm³/mol. The summed E-state index contributed by atoms with van der Waals surface area (Å²) >= 11 is 0. The van der Waals surface area contributed by atoms with Crippen molar-refractivity contribution in [1.82, 2.24) is 30.7 Å². The molecular weight excluding hydrogens is 544 g/mol. The SMILES string of the molecule is CC(=O)[C@H](C)CCCCNC(=O)CCCS(=O)(=O)NC(=O)CCCCCCCCCCCCCCCc1nn[nH]n1. The Hall–Kier alpha value is -2.37. The number of amides is 2. The molecule has 1 aromatic heterocycles. The van der Waals surface area contributed by atoms with E-state index in [9.17, 15) is 22.8 Å². The molecule has 12 heteroatoms. The Bertz CT molecular complexity index is 940. The summed E-state index contributed by atoms with van der Waals surface area (Å²) in [5.41, 5.74) is 0. The van der Waals surface area contributed by atoms with Gasteiger partial charge in [-0.1, -0.05) is 89.2 Å². The molecular formula is C29H54N6O5S. The van der Waals surface area contributed by atoms with E-state index in [4.69, 9.17) is 0 Å². The van der Waals surface area contributed by atoms with Gasteiger partial charge in [-0.3, -0.25) is 19.1 Å². The molecule has 0 aromatic carbocycles. The maximum absolute atomic E-state index is 12.1. The highest BCUT2D eigenvalue weighted by Gasteiger charge is 2.15. The van der Waals surface area contributed by atoms with Gasteiger partial charge in [-0.25, -0.2) is 8.42 Å². The topological polar surface area (TPSA) is 164 Å². The van der Waals surface area contributed by atoms with E-state index in [0.29, 0.717) is 13.0 Å². The second-order valence-corrected chi connectivity index (χ2v) is 13.1. The Morgan fingerprint density at radius 2 is 1.32 bits per heavy atom. The van der Waals surface area contributed by atoms with Gasteiger partial charge in [0.1, 0.15) is 5.78 Å². The molecule has 0 bridgehead atoms. The monoisotopic (exact) mass is 598 g/mol. The number of nitrogens with zero attached hydrogens (tertiary/aromatic N) is 3. The lowest BCUT2D eigenvalue weighted by atomic mass is 10.0. The van der Waals surface area contributed by atoms with Crippen LogP contribution < -0.4 is 10.0 Å². The minimum Gasteiger partial charge on any atom is -0.356 e. The minimum absolute atomic E-state index is 0.0405. The van der Waals surface area contributed by atoms with Crippen LogP contribution in [0.15, 0.2) is 0 Å². The van der Waals surface area contributed by atoms with Crippen LogP contribution in [0.5, 0.6) is 0 Å². The number of aryl methyl sites for hydroxylation is 1. The highest BCUT2D eigenvalue weighted by atomic mass is 32.2. The zero-order valence-electron chi connectivity index (χ0n) is 25.4. The third-order valence-corrected chi connectivity index (χ3v) is 8.72. The molecule has 0 saturated carbocycles. The number of H-pyrrole nitrogens is 1. The standard InChI is InChI=1S/C29H54N6O5S/c1-25(26(2)36)19-16-17-23-30-28(37)22-18-24-41(39,40)33-29(38)21-15-13-11-9-7-5-3-4-6-8-10-12-14-20-27-31-34-35-32-27/h25H,3-24H2,1-2H3,(H,30,37)(H,33,38)(H,31,32,34,35)/t25-/m1/s1. The normalized spacial score (nSPS) is 12.2. The fourth-order valence-corrected chi connectivity index (χ4v) is 5.67. The van der Waals surface area contributed by atoms with Crippen molar-refractivity contribution in [2.45, 2.75) is 142 Å². The third kappa shape index (κ3) is 22.0. The molecule has 0 unspecified atom stereocenters. The highest BCUT2D eigenvalue weighted by molar-refractivity contribution is 7.90. The molecule has 2 amide bonds. The first-order valence-corrected chi connectivity index (χ1v) is 17.4. The molecule has 0 aliphatic carbocycles. The number of hydrogen-bond acceptors (Lipinski definition) is 8. The number of unbranched alkanes of at least 4 members (excludes halogenated alkanes) is 13. The predicted octanol–water partition coefficient (Wildman–Crippen LogP) is 4.94. The van der Waals surface area contributed by atoms with Crippen LogP contribution in [0, 0.1) is 5.92 Å². The number of aromatic amines is 1. The summed E-state index contributed by atoms with van der Waals surface area (Å²) in [4.78, 5) is 35.1. The number of aromatic nitrogens is 4. The summed E-state index contributed by atoms with van der Waals surface area (Å²) in [6.07, 6.45) is 18.8. The molecule has 0 fully saturated rings. The summed E-state index contributed by atoms with van der Waals surface area (Å²) < 4.78 is 26.4. The zero-order valence-corrected chi connectivity index (χ0v) is 26.2. The van der Waals surface area contributed by atoms with E-state index in [1.165, 1.54) is 51.4 Å². The third-order valence-electron chi connectivity index (χ3n) is 7.36. The van der Waals surface area contributed by atoms with Crippen molar-refractivity contribution in [3.05, 3.63) is 5.82 Å². The molecule has 11 nitrogen and oxygen atoms in total. The second kappa shape index (κ2) is 23.2. The molecule has 236 valence electrons. The maximum atomic E-state index is 12.1. The van der Waals surface area contributed by atoms with E-state index in [0.717, 1.165) is 57.2 Å². The largest absolute Gasteiger partial charge is 0.356 e. The van der Waals surface area contributed by atoms with Crippen molar-refractivity contribution < 1.29 is 22.8 Å². The van der Waals surface area contributed by atoms with Crippen LogP contribution in [0.3, 0.4) is 0 Å². The van der Waals surface area contributed by atoms with Gasteiger partial charge < -0.3 is 5.32 Å². The van der Waals surface area contributed by atoms with E-state index < -0.39 is 15.9 Å². The Morgan fingerprint density at radius 1 is 0.756 bits per heavy atom. The van der Waals surface area contributed by atoms with Gasteiger partial charge in [0.2, 0.25) is 21.8 Å². The molecule has 1 heterocycles. The number of carbonyl (C=O) groups excluding carboxylic acids is 3. The number of ketones is 1. The number of sulfonamides is 1.